The summed E-state index contributed by atoms with van der Waals surface area (Å²) in [5.74, 6) is 1.42. The molecule has 1 aliphatic rings. The normalized spacial score (nSPS) is 17.2. The van der Waals surface area contributed by atoms with E-state index in [1.165, 1.54) is 10.6 Å². The van der Waals surface area contributed by atoms with Crippen LogP contribution in [-0.4, -0.2) is 24.1 Å². The standard InChI is InChI=1S/C18H24N4OS/c1-3-14-12(2)24-17(21-14)8-10-20-18(19)22-15-9-11-23-16-7-5-4-6-13(15)16/h4-7,15H,3,8-11H2,1-2H3,(H3,19,20,22). The summed E-state index contributed by atoms with van der Waals surface area (Å²) in [6.45, 7) is 5.61. The van der Waals surface area contributed by atoms with Crippen molar-refractivity contribution in [2.45, 2.75) is 39.2 Å². The van der Waals surface area contributed by atoms with Crippen LogP contribution in [0.3, 0.4) is 0 Å². The quantitative estimate of drug-likeness (QED) is 0.646. The van der Waals surface area contributed by atoms with E-state index in [-0.39, 0.29) is 6.04 Å². The lowest BCUT2D eigenvalue weighted by atomic mass is 10.0. The molecule has 0 saturated carbocycles. The summed E-state index contributed by atoms with van der Waals surface area (Å²) in [7, 11) is 0. The summed E-state index contributed by atoms with van der Waals surface area (Å²) in [6.07, 6.45) is 2.70. The first-order valence-corrected chi connectivity index (χ1v) is 9.22. The Morgan fingerprint density at radius 1 is 1.46 bits per heavy atom. The smallest absolute Gasteiger partial charge is 0.189 e. The Morgan fingerprint density at radius 3 is 3.08 bits per heavy atom. The number of guanidine groups is 1. The van der Waals surface area contributed by atoms with E-state index in [2.05, 4.69) is 35.2 Å². The summed E-state index contributed by atoms with van der Waals surface area (Å²) >= 11 is 1.76. The van der Waals surface area contributed by atoms with Crippen molar-refractivity contribution < 1.29 is 4.74 Å². The van der Waals surface area contributed by atoms with Crippen molar-refractivity contribution in [2.75, 3.05) is 13.2 Å². The van der Waals surface area contributed by atoms with Gasteiger partial charge in [0.1, 0.15) is 5.75 Å². The lowest BCUT2D eigenvalue weighted by Gasteiger charge is -2.26. The molecule has 0 aliphatic carbocycles. The Hall–Kier alpha value is -2.08. The van der Waals surface area contributed by atoms with Gasteiger partial charge in [-0.2, -0.15) is 0 Å². The molecule has 0 radical (unpaired) electrons. The van der Waals surface area contributed by atoms with Gasteiger partial charge in [-0.15, -0.1) is 11.3 Å². The molecule has 0 spiro atoms. The van der Waals surface area contributed by atoms with Gasteiger partial charge in [0.15, 0.2) is 5.96 Å². The van der Waals surface area contributed by atoms with Crippen LogP contribution < -0.4 is 15.8 Å². The summed E-state index contributed by atoms with van der Waals surface area (Å²) < 4.78 is 5.67. The van der Waals surface area contributed by atoms with Crippen LogP contribution in [0.2, 0.25) is 0 Å². The highest BCUT2D eigenvalue weighted by atomic mass is 32.1. The predicted octanol–water partition coefficient (Wildman–Crippen LogP) is 2.98. The van der Waals surface area contributed by atoms with E-state index in [9.17, 15) is 0 Å². The largest absolute Gasteiger partial charge is 0.493 e. The van der Waals surface area contributed by atoms with Crippen LogP contribution in [0.15, 0.2) is 29.3 Å². The van der Waals surface area contributed by atoms with Gasteiger partial charge in [-0.1, -0.05) is 25.1 Å². The fourth-order valence-electron chi connectivity index (χ4n) is 2.91. The van der Waals surface area contributed by atoms with Crippen LogP contribution in [0.5, 0.6) is 5.75 Å². The number of nitrogens with two attached hydrogens (primary N) is 1. The van der Waals surface area contributed by atoms with E-state index in [0.29, 0.717) is 19.1 Å². The first kappa shape index (κ1) is 16.8. The number of benzene rings is 1. The van der Waals surface area contributed by atoms with Gasteiger partial charge in [-0.3, -0.25) is 4.99 Å². The maximum absolute atomic E-state index is 6.07. The summed E-state index contributed by atoms with van der Waals surface area (Å²) in [4.78, 5) is 10.4. The number of nitrogens with zero attached hydrogens (tertiary/aromatic N) is 2. The van der Waals surface area contributed by atoms with Gasteiger partial charge in [-0.25, -0.2) is 4.98 Å². The first-order valence-electron chi connectivity index (χ1n) is 8.40. The molecule has 6 heteroatoms. The third-order valence-electron chi connectivity index (χ3n) is 4.16. The number of rotatable bonds is 5. The zero-order valence-corrected chi connectivity index (χ0v) is 15.0. The molecule has 2 heterocycles. The first-order chi connectivity index (χ1) is 11.7. The molecule has 0 fully saturated rings. The van der Waals surface area contributed by atoms with E-state index in [0.717, 1.165) is 35.6 Å². The molecule has 0 saturated heterocycles. The molecule has 128 valence electrons. The molecule has 3 rings (SSSR count). The number of hydrogen-bond donors (Lipinski definition) is 2. The Bertz CT molecular complexity index is 726. The van der Waals surface area contributed by atoms with E-state index >= 15 is 0 Å². The molecule has 1 atom stereocenters. The molecular formula is C18H24N4OS. The molecule has 5 nitrogen and oxygen atoms in total. The number of aromatic nitrogens is 1. The van der Waals surface area contributed by atoms with Crippen LogP contribution in [0.25, 0.3) is 0 Å². The monoisotopic (exact) mass is 344 g/mol. The minimum absolute atomic E-state index is 0.160. The Labute approximate surface area is 147 Å². The zero-order valence-electron chi connectivity index (χ0n) is 14.2. The molecule has 1 aliphatic heterocycles. The van der Waals surface area contributed by atoms with Gasteiger partial charge in [0, 0.05) is 29.8 Å². The van der Waals surface area contributed by atoms with Crippen LogP contribution in [0.1, 0.15) is 40.5 Å². The minimum Gasteiger partial charge on any atom is -0.493 e. The summed E-state index contributed by atoms with van der Waals surface area (Å²) in [5, 5.41) is 4.46. The fourth-order valence-corrected chi connectivity index (χ4v) is 3.92. The van der Waals surface area contributed by atoms with Crippen molar-refractivity contribution in [3.8, 4) is 5.75 Å². The molecule has 1 aromatic carbocycles. The SMILES string of the molecule is CCc1nc(CCN=C(N)NC2CCOc3ccccc32)sc1C. The molecule has 1 aromatic heterocycles. The van der Waals surface area contributed by atoms with Gasteiger partial charge in [-0.05, 0) is 19.4 Å². The van der Waals surface area contributed by atoms with E-state index < -0.39 is 0 Å². The highest BCUT2D eigenvalue weighted by Gasteiger charge is 2.21. The molecule has 3 N–H and O–H groups in total. The van der Waals surface area contributed by atoms with Crippen LogP contribution in [0.4, 0.5) is 0 Å². The fraction of sp³-hybridized carbons (Fsp3) is 0.444. The van der Waals surface area contributed by atoms with Crippen LogP contribution >= 0.6 is 11.3 Å². The van der Waals surface area contributed by atoms with Crippen molar-refractivity contribution in [1.82, 2.24) is 10.3 Å². The minimum atomic E-state index is 0.160. The predicted molar refractivity (Wildman–Crippen MR) is 98.9 cm³/mol. The van der Waals surface area contributed by atoms with Gasteiger partial charge >= 0.3 is 0 Å². The van der Waals surface area contributed by atoms with Gasteiger partial charge in [0.2, 0.25) is 0 Å². The van der Waals surface area contributed by atoms with E-state index in [1.807, 2.05) is 18.2 Å². The highest BCUT2D eigenvalue weighted by molar-refractivity contribution is 7.11. The number of thiazole rings is 1. The zero-order chi connectivity index (χ0) is 16.9. The molecule has 2 aromatic rings. The number of fused-ring (bicyclic) bond motifs is 1. The Balaban J connectivity index is 1.57. The number of para-hydroxylation sites is 1. The Morgan fingerprint density at radius 2 is 2.29 bits per heavy atom. The van der Waals surface area contributed by atoms with E-state index in [1.54, 1.807) is 11.3 Å². The summed E-state index contributed by atoms with van der Waals surface area (Å²) in [5.41, 5.74) is 8.41. The summed E-state index contributed by atoms with van der Waals surface area (Å²) in [6, 6.07) is 8.23. The topological polar surface area (TPSA) is 72.5 Å². The number of aliphatic imine (C=N–C) groups is 1. The van der Waals surface area contributed by atoms with Crippen molar-refractivity contribution in [1.29, 1.82) is 0 Å². The number of ether oxygens (including phenoxy) is 1. The Kier molecular flexibility index (Phi) is 5.35. The maximum atomic E-state index is 6.07. The second kappa shape index (κ2) is 7.66. The molecular weight excluding hydrogens is 320 g/mol. The van der Waals surface area contributed by atoms with Crippen molar-refractivity contribution in [3.05, 3.63) is 45.4 Å². The maximum Gasteiger partial charge on any atom is 0.189 e. The lowest BCUT2D eigenvalue weighted by Crippen LogP contribution is -2.37. The van der Waals surface area contributed by atoms with E-state index in [4.69, 9.17) is 10.5 Å². The molecule has 1 unspecified atom stereocenters. The average molecular weight is 344 g/mol. The molecule has 0 amide bonds. The van der Waals surface area contributed by atoms with Gasteiger partial charge in [0.05, 0.1) is 23.4 Å². The van der Waals surface area contributed by atoms with Crippen LogP contribution in [-0.2, 0) is 12.8 Å². The number of aryl methyl sites for hydroxylation is 2. The third kappa shape index (κ3) is 3.87. The lowest BCUT2D eigenvalue weighted by molar-refractivity contribution is 0.262. The highest BCUT2D eigenvalue weighted by Crippen LogP contribution is 2.31. The average Bonchev–Trinajstić information content (AvgIpc) is 2.95. The second-order valence-corrected chi connectivity index (χ2v) is 7.14. The molecule has 0 bridgehead atoms. The second-order valence-electron chi connectivity index (χ2n) is 5.85. The van der Waals surface area contributed by atoms with Gasteiger partial charge < -0.3 is 15.8 Å². The number of nitrogens with one attached hydrogen (secondary N) is 1. The molecule has 24 heavy (non-hydrogen) atoms. The van der Waals surface area contributed by atoms with Crippen LogP contribution in [0, 0.1) is 6.92 Å². The van der Waals surface area contributed by atoms with Crippen molar-refractivity contribution in [2.24, 2.45) is 10.7 Å². The van der Waals surface area contributed by atoms with Crippen molar-refractivity contribution >= 4 is 17.3 Å². The van der Waals surface area contributed by atoms with Crippen molar-refractivity contribution in [3.63, 3.8) is 0 Å². The number of hydrogen-bond acceptors (Lipinski definition) is 4. The van der Waals surface area contributed by atoms with Gasteiger partial charge in [0.25, 0.3) is 0 Å². The third-order valence-corrected chi connectivity index (χ3v) is 5.23.